The quantitative estimate of drug-likeness (QED) is 0.389. The van der Waals surface area contributed by atoms with E-state index in [1.165, 1.54) is 29.0 Å². The number of anilines is 1. The third-order valence-electron chi connectivity index (χ3n) is 7.37. The minimum Gasteiger partial charge on any atom is -0.364 e. The van der Waals surface area contributed by atoms with E-state index in [9.17, 15) is 18.8 Å². The average molecular weight is 515 g/mol. The second kappa shape index (κ2) is 10.3. The van der Waals surface area contributed by atoms with Crippen molar-refractivity contribution < 1.29 is 8.78 Å². The fourth-order valence-electron chi connectivity index (χ4n) is 5.43. The first-order valence-electron chi connectivity index (χ1n) is 12.6. The van der Waals surface area contributed by atoms with E-state index in [1.54, 1.807) is 37.4 Å². The molecule has 9 heteroatoms. The van der Waals surface area contributed by atoms with Crippen LogP contribution in [0.1, 0.15) is 43.3 Å². The Hall–Kier alpha value is -4.16. The molecule has 4 heterocycles. The Kier molecular flexibility index (Phi) is 6.91. The number of aromatic nitrogens is 3. The molecule has 3 aromatic heterocycles. The van der Waals surface area contributed by atoms with Crippen molar-refractivity contribution in [1.82, 2.24) is 19.4 Å². The molecule has 1 aliphatic rings. The average Bonchev–Trinajstić information content (AvgIpc) is 2.92. The van der Waals surface area contributed by atoms with Crippen LogP contribution in [-0.2, 0) is 7.05 Å². The van der Waals surface area contributed by atoms with Crippen LogP contribution in [0.25, 0.3) is 11.0 Å². The maximum absolute atomic E-state index is 14.3. The van der Waals surface area contributed by atoms with Crippen LogP contribution in [0.15, 0.2) is 65.6 Å². The number of rotatable bonds is 5. The zero-order chi connectivity index (χ0) is 27.0. The van der Waals surface area contributed by atoms with Gasteiger partial charge in [-0.15, -0.1) is 0 Å². The summed E-state index contributed by atoms with van der Waals surface area (Å²) in [7, 11) is 1.69. The highest BCUT2D eigenvalue weighted by atomic mass is 19.1. The van der Waals surface area contributed by atoms with Crippen molar-refractivity contribution >= 4 is 16.7 Å². The van der Waals surface area contributed by atoms with Gasteiger partial charge in [0.05, 0.1) is 29.1 Å². The van der Waals surface area contributed by atoms with Crippen molar-refractivity contribution in [2.45, 2.75) is 38.4 Å². The van der Waals surface area contributed by atoms with Crippen LogP contribution in [0.2, 0.25) is 0 Å². The van der Waals surface area contributed by atoms with Gasteiger partial charge in [-0.25, -0.2) is 13.8 Å². The van der Waals surface area contributed by atoms with Crippen LogP contribution >= 0.6 is 0 Å². The molecule has 38 heavy (non-hydrogen) atoms. The maximum Gasteiger partial charge on any atom is 0.252 e. The Morgan fingerprint density at radius 2 is 1.92 bits per heavy atom. The predicted octanol–water partition coefficient (Wildman–Crippen LogP) is 4.56. The number of aryl methyl sites for hydroxylation is 1. The summed E-state index contributed by atoms with van der Waals surface area (Å²) in [6, 6.07) is 16.1. The van der Waals surface area contributed by atoms with Gasteiger partial charge in [0.15, 0.2) is 0 Å². The summed E-state index contributed by atoms with van der Waals surface area (Å²) in [5.41, 5.74) is 3.44. The van der Waals surface area contributed by atoms with Crippen LogP contribution in [0.3, 0.4) is 0 Å². The monoisotopic (exact) mass is 514 g/mol. The lowest BCUT2D eigenvalue weighted by molar-refractivity contribution is 0.114. The third-order valence-corrected chi connectivity index (χ3v) is 7.37. The number of nitrogens with zero attached hydrogens (tertiary/aromatic N) is 6. The maximum atomic E-state index is 14.3. The van der Waals surface area contributed by atoms with Crippen LogP contribution in [-0.4, -0.2) is 44.6 Å². The highest BCUT2D eigenvalue weighted by Gasteiger charge is 2.37. The predicted molar refractivity (Wildman–Crippen MR) is 142 cm³/mol. The van der Waals surface area contributed by atoms with Gasteiger partial charge in [0.2, 0.25) is 0 Å². The van der Waals surface area contributed by atoms with E-state index in [0.29, 0.717) is 35.5 Å². The van der Waals surface area contributed by atoms with Crippen molar-refractivity contribution in [3.63, 3.8) is 0 Å². The molecule has 0 saturated carbocycles. The van der Waals surface area contributed by atoms with Crippen molar-refractivity contribution in [2.75, 3.05) is 18.0 Å². The SMILES string of the molecule is CC[C@@H]1CN(c2cc(=O)n(C)c3ccc(C#N)nc23)[C@@H](C)CN1C(c1cccc(F)c1)c1ccc(F)cn1. The molecule has 0 radical (unpaired) electrons. The summed E-state index contributed by atoms with van der Waals surface area (Å²) in [5, 5.41) is 9.45. The second-order valence-corrected chi connectivity index (χ2v) is 9.72. The summed E-state index contributed by atoms with van der Waals surface area (Å²) < 4.78 is 29.6. The van der Waals surface area contributed by atoms with E-state index in [2.05, 4.69) is 39.7 Å². The molecule has 0 amide bonds. The first kappa shape index (κ1) is 25.5. The molecule has 4 aromatic rings. The minimum absolute atomic E-state index is 0.00424. The van der Waals surface area contributed by atoms with Gasteiger partial charge < -0.3 is 9.47 Å². The van der Waals surface area contributed by atoms with Gasteiger partial charge in [0.1, 0.15) is 28.9 Å². The molecule has 0 spiro atoms. The summed E-state index contributed by atoms with van der Waals surface area (Å²) in [6.07, 6.45) is 1.96. The Bertz CT molecular complexity index is 1580. The minimum atomic E-state index is -0.432. The lowest BCUT2D eigenvalue weighted by atomic mass is 9.94. The van der Waals surface area contributed by atoms with E-state index < -0.39 is 5.82 Å². The molecular weight excluding hydrogens is 486 g/mol. The number of hydrogen-bond acceptors (Lipinski definition) is 6. The van der Waals surface area contributed by atoms with Crippen LogP contribution < -0.4 is 10.5 Å². The van der Waals surface area contributed by atoms with Crippen molar-refractivity contribution in [3.05, 3.63) is 99.7 Å². The highest BCUT2D eigenvalue weighted by molar-refractivity contribution is 5.89. The lowest BCUT2D eigenvalue weighted by Crippen LogP contribution is -2.58. The summed E-state index contributed by atoms with van der Waals surface area (Å²) in [6.45, 7) is 5.30. The smallest absolute Gasteiger partial charge is 0.252 e. The molecule has 5 rings (SSSR count). The van der Waals surface area contributed by atoms with Gasteiger partial charge in [-0.05, 0) is 55.3 Å². The molecule has 1 fully saturated rings. The molecule has 7 nitrogen and oxygen atoms in total. The summed E-state index contributed by atoms with van der Waals surface area (Å²) in [5.74, 6) is -0.779. The molecule has 1 unspecified atom stereocenters. The van der Waals surface area contributed by atoms with Gasteiger partial charge >= 0.3 is 0 Å². The topological polar surface area (TPSA) is 78.0 Å². The third kappa shape index (κ3) is 4.63. The zero-order valence-electron chi connectivity index (χ0n) is 21.5. The Morgan fingerprint density at radius 1 is 1.11 bits per heavy atom. The largest absolute Gasteiger partial charge is 0.364 e. The van der Waals surface area contributed by atoms with Gasteiger partial charge in [-0.1, -0.05) is 19.1 Å². The van der Waals surface area contributed by atoms with Gasteiger partial charge in [-0.3, -0.25) is 14.7 Å². The van der Waals surface area contributed by atoms with Crippen LogP contribution in [0.5, 0.6) is 0 Å². The number of nitriles is 1. The van der Waals surface area contributed by atoms with Crippen molar-refractivity contribution in [2.24, 2.45) is 7.05 Å². The molecular formula is C29H28F2N6O. The molecule has 1 aromatic carbocycles. The van der Waals surface area contributed by atoms with E-state index >= 15 is 0 Å². The van der Waals surface area contributed by atoms with E-state index in [-0.39, 0.29) is 35.2 Å². The second-order valence-electron chi connectivity index (χ2n) is 9.72. The Morgan fingerprint density at radius 3 is 2.61 bits per heavy atom. The standard InChI is InChI=1S/C29H28F2N6O/c1-4-23-17-36(26-13-27(38)35(3)25-11-9-22(14-32)34-28(25)26)18(2)16-37(23)29(19-6-5-7-20(30)12-19)24-10-8-21(31)15-33-24/h5-13,15,18,23,29H,4,16-17H2,1-3H3/t18-,23+,29?/m0/s1. The molecule has 1 aliphatic heterocycles. The van der Waals surface area contributed by atoms with E-state index in [0.717, 1.165) is 12.0 Å². The zero-order valence-corrected chi connectivity index (χ0v) is 21.5. The number of pyridine rings is 3. The van der Waals surface area contributed by atoms with Crippen molar-refractivity contribution in [1.29, 1.82) is 5.26 Å². The Labute approximate surface area is 219 Å². The first-order chi connectivity index (χ1) is 18.3. The molecule has 0 N–H and O–H groups in total. The number of hydrogen-bond donors (Lipinski definition) is 0. The molecule has 1 saturated heterocycles. The van der Waals surface area contributed by atoms with E-state index in [1.807, 2.05) is 6.07 Å². The van der Waals surface area contributed by atoms with Crippen molar-refractivity contribution in [3.8, 4) is 6.07 Å². The normalized spacial score (nSPS) is 18.9. The number of fused-ring (bicyclic) bond motifs is 1. The van der Waals surface area contributed by atoms with E-state index in [4.69, 9.17) is 0 Å². The molecule has 194 valence electrons. The fourth-order valence-corrected chi connectivity index (χ4v) is 5.43. The van der Waals surface area contributed by atoms with Crippen LogP contribution in [0.4, 0.5) is 14.5 Å². The van der Waals surface area contributed by atoms with Gasteiger partial charge in [0, 0.05) is 38.3 Å². The number of benzene rings is 1. The molecule has 3 atom stereocenters. The lowest BCUT2D eigenvalue weighted by Gasteiger charge is -2.49. The number of piperazine rings is 1. The highest BCUT2D eigenvalue weighted by Crippen LogP contribution is 2.36. The molecule has 0 aliphatic carbocycles. The number of halogens is 2. The first-order valence-corrected chi connectivity index (χ1v) is 12.6. The van der Waals surface area contributed by atoms with Crippen LogP contribution in [0, 0.1) is 23.0 Å². The summed E-state index contributed by atoms with van der Waals surface area (Å²) in [4.78, 5) is 26.3. The van der Waals surface area contributed by atoms with Gasteiger partial charge in [0.25, 0.3) is 5.56 Å². The van der Waals surface area contributed by atoms with Gasteiger partial charge in [-0.2, -0.15) is 5.26 Å². The summed E-state index contributed by atoms with van der Waals surface area (Å²) >= 11 is 0. The molecule has 0 bridgehead atoms. The Balaban J connectivity index is 1.59. The fraction of sp³-hybridized carbons (Fsp3) is 0.310.